The fourth-order valence-electron chi connectivity index (χ4n) is 3.91. The van der Waals surface area contributed by atoms with Gasteiger partial charge in [-0.1, -0.05) is 105 Å². The van der Waals surface area contributed by atoms with Crippen molar-refractivity contribution in [2.45, 2.75) is 52.0 Å². The van der Waals surface area contributed by atoms with Crippen molar-refractivity contribution in [1.82, 2.24) is 16.1 Å². The van der Waals surface area contributed by atoms with Crippen LogP contribution in [0.25, 0.3) is 0 Å². The molecule has 0 saturated carbocycles. The van der Waals surface area contributed by atoms with Gasteiger partial charge in [0.25, 0.3) is 0 Å². The monoisotopic (exact) mass is 545 g/mol. The van der Waals surface area contributed by atoms with Crippen LogP contribution in [0.4, 0.5) is 4.79 Å². The molecule has 9 heteroatoms. The van der Waals surface area contributed by atoms with Crippen molar-refractivity contribution in [3.8, 4) is 0 Å². The zero-order valence-corrected chi connectivity index (χ0v) is 22.7. The number of hydrogen-bond acceptors (Lipinski definition) is 6. The first-order valence-corrected chi connectivity index (χ1v) is 13.1. The Labute approximate surface area is 234 Å². The highest BCUT2D eigenvalue weighted by Gasteiger charge is 2.31. The molecular formula is C31H35N3O6. The molecule has 2 atom stereocenters. The van der Waals surface area contributed by atoms with E-state index in [9.17, 15) is 19.2 Å². The Morgan fingerprint density at radius 1 is 0.675 bits per heavy atom. The highest BCUT2D eigenvalue weighted by atomic mass is 16.7. The number of rotatable bonds is 14. The number of carbonyl (C=O) groups excluding carboxylic acids is 4. The van der Waals surface area contributed by atoms with Crippen LogP contribution in [0.2, 0.25) is 0 Å². The molecule has 3 aromatic rings. The van der Waals surface area contributed by atoms with Crippen LogP contribution in [-0.2, 0) is 43.6 Å². The maximum Gasteiger partial charge on any atom is 0.408 e. The average Bonchev–Trinajstić information content (AvgIpc) is 2.96. The van der Waals surface area contributed by atoms with E-state index in [-0.39, 0.29) is 25.6 Å². The van der Waals surface area contributed by atoms with Crippen molar-refractivity contribution >= 4 is 23.7 Å². The van der Waals surface area contributed by atoms with E-state index in [4.69, 9.17) is 9.57 Å². The van der Waals surface area contributed by atoms with Crippen molar-refractivity contribution in [2.24, 2.45) is 5.92 Å². The summed E-state index contributed by atoms with van der Waals surface area (Å²) in [6.07, 6.45) is -0.391. The number of ether oxygens (including phenoxy) is 1. The summed E-state index contributed by atoms with van der Waals surface area (Å²) in [6, 6.07) is 25.2. The molecule has 0 aliphatic rings. The molecule has 3 amide bonds. The first-order chi connectivity index (χ1) is 19.3. The van der Waals surface area contributed by atoms with Gasteiger partial charge in [0.2, 0.25) is 11.7 Å². The number of alkyl carbamates (subject to hydrolysis) is 1. The summed E-state index contributed by atoms with van der Waals surface area (Å²) >= 11 is 0. The van der Waals surface area contributed by atoms with E-state index in [0.717, 1.165) is 16.7 Å². The smallest absolute Gasteiger partial charge is 0.408 e. The molecule has 0 fully saturated rings. The van der Waals surface area contributed by atoms with Crippen LogP contribution < -0.4 is 16.1 Å². The Balaban J connectivity index is 1.65. The average molecular weight is 546 g/mol. The Bertz CT molecular complexity index is 1240. The summed E-state index contributed by atoms with van der Waals surface area (Å²) in [5.41, 5.74) is 4.53. The van der Waals surface area contributed by atoms with E-state index in [2.05, 4.69) is 16.1 Å². The van der Waals surface area contributed by atoms with Crippen molar-refractivity contribution in [2.75, 3.05) is 0 Å². The van der Waals surface area contributed by atoms with Crippen molar-refractivity contribution < 1.29 is 28.8 Å². The SMILES string of the molecule is CC(C)CC(NC(=O)OCc1ccccc1)C(=O)NC(Cc1ccccc1)C(=O)C(=O)NOCc1ccccc1. The molecule has 0 radical (unpaired) electrons. The predicted molar refractivity (Wildman–Crippen MR) is 149 cm³/mol. The summed E-state index contributed by atoms with van der Waals surface area (Å²) in [6.45, 7) is 3.92. The van der Waals surface area contributed by atoms with Gasteiger partial charge >= 0.3 is 12.0 Å². The second-order valence-corrected chi connectivity index (χ2v) is 9.71. The fourth-order valence-corrected chi connectivity index (χ4v) is 3.91. The minimum Gasteiger partial charge on any atom is -0.445 e. The minimum atomic E-state index is -1.19. The lowest BCUT2D eigenvalue weighted by Crippen LogP contribution is -2.54. The molecule has 2 unspecified atom stereocenters. The fraction of sp³-hybridized carbons (Fsp3) is 0.290. The van der Waals surface area contributed by atoms with Gasteiger partial charge in [0.15, 0.2) is 0 Å². The summed E-state index contributed by atoms with van der Waals surface area (Å²) in [4.78, 5) is 56.8. The second-order valence-electron chi connectivity index (χ2n) is 9.71. The number of ketones is 1. The molecular weight excluding hydrogens is 510 g/mol. The zero-order valence-electron chi connectivity index (χ0n) is 22.7. The third kappa shape index (κ3) is 10.3. The Morgan fingerprint density at radius 3 is 1.75 bits per heavy atom. The van der Waals surface area contributed by atoms with Crippen LogP contribution in [0.1, 0.15) is 37.0 Å². The Morgan fingerprint density at radius 2 is 1.20 bits per heavy atom. The van der Waals surface area contributed by atoms with E-state index < -0.39 is 35.8 Å². The highest BCUT2D eigenvalue weighted by molar-refractivity contribution is 6.38. The van der Waals surface area contributed by atoms with Gasteiger partial charge < -0.3 is 15.4 Å². The van der Waals surface area contributed by atoms with E-state index in [0.29, 0.717) is 6.42 Å². The van der Waals surface area contributed by atoms with Gasteiger partial charge in [-0.15, -0.1) is 0 Å². The van der Waals surface area contributed by atoms with Crippen molar-refractivity contribution in [1.29, 1.82) is 0 Å². The van der Waals surface area contributed by atoms with Crippen molar-refractivity contribution in [3.63, 3.8) is 0 Å². The number of hydroxylamine groups is 1. The van der Waals surface area contributed by atoms with Gasteiger partial charge in [0.1, 0.15) is 18.7 Å². The van der Waals surface area contributed by atoms with Crippen LogP contribution in [-0.4, -0.2) is 35.8 Å². The molecule has 210 valence electrons. The van der Waals surface area contributed by atoms with Gasteiger partial charge in [0, 0.05) is 6.42 Å². The topological polar surface area (TPSA) is 123 Å². The van der Waals surface area contributed by atoms with E-state index in [1.807, 2.05) is 80.6 Å². The predicted octanol–water partition coefficient (Wildman–Crippen LogP) is 3.87. The molecule has 0 aliphatic heterocycles. The maximum absolute atomic E-state index is 13.3. The van der Waals surface area contributed by atoms with Gasteiger partial charge in [-0.05, 0) is 29.0 Å². The number of carbonyl (C=O) groups is 4. The summed E-state index contributed by atoms with van der Waals surface area (Å²) < 4.78 is 5.28. The standard InChI is InChI=1S/C31H35N3O6/c1-22(2)18-27(33-31(38)39-20-24-14-8-4-9-15-24)29(36)32-26(19-23-12-6-3-7-13-23)28(35)30(37)34-40-21-25-16-10-5-11-17-25/h3-17,22,26-27H,18-21H2,1-2H3,(H,32,36)(H,33,38)(H,34,37). The largest absolute Gasteiger partial charge is 0.445 e. The normalized spacial score (nSPS) is 12.2. The summed E-state index contributed by atoms with van der Waals surface area (Å²) in [5, 5.41) is 5.26. The number of benzene rings is 3. The molecule has 0 saturated heterocycles. The van der Waals surface area contributed by atoms with E-state index in [1.54, 1.807) is 24.3 Å². The molecule has 40 heavy (non-hydrogen) atoms. The zero-order chi connectivity index (χ0) is 28.7. The molecule has 3 N–H and O–H groups in total. The van der Waals surface area contributed by atoms with Crippen LogP contribution in [0.15, 0.2) is 91.0 Å². The number of hydrogen-bond donors (Lipinski definition) is 3. The highest BCUT2D eigenvalue weighted by Crippen LogP contribution is 2.10. The van der Waals surface area contributed by atoms with Crippen LogP contribution in [0.5, 0.6) is 0 Å². The Hall–Kier alpha value is -4.50. The number of amides is 3. The van der Waals surface area contributed by atoms with Gasteiger partial charge in [-0.3, -0.25) is 19.2 Å². The van der Waals surface area contributed by atoms with Crippen molar-refractivity contribution in [3.05, 3.63) is 108 Å². The summed E-state index contributed by atoms with van der Waals surface area (Å²) in [5.74, 6) is -2.42. The second kappa shape index (κ2) is 15.8. The molecule has 0 heterocycles. The third-order valence-electron chi connectivity index (χ3n) is 5.91. The van der Waals surface area contributed by atoms with E-state index >= 15 is 0 Å². The van der Waals surface area contributed by atoms with Gasteiger partial charge in [-0.25, -0.2) is 10.3 Å². The molecule has 9 nitrogen and oxygen atoms in total. The molecule has 3 rings (SSSR count). The first-order valence-electron chi connectivity index (χ1n) is 13.1. The molecule has 0 bridgehead atoms. The van der Waals surface area contributed by atoms with Gasteiger partial charge in [0.05, 0.1) is 6.61 Å². The number of Topliss-reactive ketones (excluding diaryl/α,β-unsaturated/α-hetero) is 1. The van der Waals surface area contributed by atoms with Crippen LogP contribution >= 0.6 is 0 Å². The Kier molecular flexibility index (Phi) is 11.9. The molecule has 0 aromatic heterocycles. The quantitative estimate of drug-likeness (QED) is 0.209. The minimum absolute atomic E-state index is 0.0426. The lowest BCUT2D eigenvalue weighted by molar-refractivity contribution is -0.148. The maximum atomic E-state index is 13.3. The lowest BCUT2D eigenvalue weighted by Gasteiger charge is -2.23. The lowest BCUT2D eigenvalue weighted by atomic mass is 9.99. The molecule has 0 spiro atoms. The summed E-state index contributed by atoms with van der Waals surface area (Å²) in [7, 11) is 0. The molecule has 3 aromatic carbocycles. The third-order valence-corrected chi connectivity index (χ3v) is 5.91. The van der Waals surface area contributed by atoms with E-state index in [1.165, 1.54) is 0 Å². The molecule has 0 aliphatic carbocycles. The van der Waals surface area contributed by atoms with Crippen LogP contribution in [0, 0.1) is 5.92 Å². The first kappa shape index (κ1) is 30.0. The van der Waals surface area contributed by atoms with Crippen LogP contribution in [0.3, 0.4) is 0 Å². The van der Waals surface area contributed by atoms with Gasteiger partial charge in [-0.2, -0.15) is 0 Å². The number of nitrogens with one attached hydrogen (secondary N) is 3.